The van der Waals surface area contributed by atoms with E-state index in [2.05, 4.69) is 53.4 Å². The third-order valence-electron chi connectivity index (χ3n) is 7.46. The Bertz CT molecular complexity index is 2110. The van der Waals surface area contributed by atoms with Crippen molar-refractivity contribution in [3.8, 4) is 0 Å². The summed E-state index contributed by atoms with van der Waals surface area (Å²) < 4.78 is 17.6. The van der Waals surface area contributed by atoms with Gasteiger partial charge in [-0.2, -0.15) is 0 Å². The minimum absolute atomic E-state index is 0.764. The first-order valence-corrected chi connectivity index (χ1v) is 15.5. The Morgan fingerprint density at radius 3 is 2.24 bits per heavy atom. The molecule has 4 heteroatoms. The molecule has 2 aromatic heterocycles. The van der Waals surface area contributed by atoms with E-state index in [4.69, 9.17) is 4.98 Å². The largest absolute Gasteiger partial charge is 0.309 e. The van der Waals surface area contributed by atoms with E-state index in [0.29, 0.717) is 0 Å². The molecule has 1 atom stereocenters. The topological polar surface area (TPSA) is 34.4 Å². The van der Waals surface area contributed by atoms with Gasteiger partial charge in [-0.05, 0) is 55.1 Å². The summed E-state index contributed by atoms with van der Waals surface area (Å²) >= 11 is 0. The lowest BCUT2D eigenvalue weighted by atomic mass is 10.1. The molecule has 2 heterocycles. The fraction of sp³-hybridized carbons (Fsp3) is 0.0541. The van der Waals surface area contributed by atoms with Gasteiger partial charge in [-0.1, -0.05) is 116 Å². The number of rotatable bonds is 7. The molecule has 200 valence electrons. The van der Waals surface area contributed by atoms with Gasteiger partial charge in [-0.3, -0.25) is 4.40 Å². The molecule has 0 aliphatic carbocycles. The van der Waals surface area contributed by atoms with E-state index in [9.17, 15) is 0 Å². The van der Waals surface area contributed by atoms with Crippen molar-refractivity contribution in [2.75, 3.05) is 0 Å². The van der Waals surface area contributed by atoms with Crippen molar-refractivity contribution in [3.05, 3.63) is 157 Å². The summed E-state index contributed by atoms with van der Waals surface area (Å²) in [5.74, 6) is 0. The van der Waals surface area contributed by atoms with Gasteiger partial charge in [0, 0.05) is 26.7 Å². The van der Waals surface area contributed by atoms with Gasteiger partial charge >= 0.3 is 0 Å². The predicted molar refractivity (Wildman–Crippen MR) is 177 cm³/mol. The maximum absolute atomic E-state index is 15.4. The summed E-state index contributed by atoms with van der Waals surface area (Å²) in [5, 5.41) is 5.51. The molecule has 0 N–H and O–H groups in total. The summed E-state index contributed by atoms with van der Waals surface area (Å²) in [6, 6.07) is 32.6. The molecule has 0 aliphatic rings. The van der Waals surface area contributed by atoms with E-state index in [1.54, 1.807) is 0 Å². The van der Waals surface area contributed by atoms with Crippen LogP contribution in [0.25, 0.3) is 38.4 Å². The Hall–Kier alpha value is -4.72. The smallest absolute Gasteiger partial charge is 0.170 e. The number of allylic oxidation sites excluding steroid dienone is 9. The Labute approximate surface area is 240 Å². The Morgan fingerprint density at radius 2 is 1.46 bits per heavy atom. The van der Waals surface area contributed by atoms with Crippen LogP contribution >= 0.6 is 7.14 Å². The molecule has 0 saturated carbocycles. The van der Waals surface area contributed by atoms with Crippen LogP contribution in [0.15, 0.2) is 157 Å². The van der Waals surface area contributed by atoms with Crippen molar-refractivity contribution in [2.24, 2.45) is 0 Å². The average molecular weight is 551 g/mol. The van der Waals surface area contributed by atoms with Crippen molar-refractivity contribution >= 4 is 56.1 Å². The monoisotopic (exact) mass is 550 g/mol. The highest BCUT2D eigenvalue weighted by molar-refractivity contribution is 7.82. The summed E-state index contributed by atoms with van der Waals surface area (Å²) in [7, 11) is -3.23. The number of hydrogen-bond donors (Lipinski definition) is 0. The van der Waals surface area contributed by atoms with Crippen LogP contribution in [0.4, 0.5) is 0 Å². The maximum Gasteiger partial charge on any atom is 0.170 e. The molecule has 1 unspecified atom stereocenters. The van der Waals surface area contributed by atoms with Crippen LogP contribution in [0, 0.1) is 0 Å². The summed E-state index contributed by atoms with van der Waals surface area (Å²) in [6.07, 6.45) is 13.7. The normalized spacial score (nSPS) is 14.3. The Morgan fingerprint density at radius 1 is 0.732 bits per heavy atom. The number of benzene rings is 4. The molecular formula is C37H31N2OP. The van der Waals surface area contributed by atoms with Crippen molar-refractivity contribution in [2.45, 2.75) is 13.8 Å². The highest BCUT2D eigenvalue weighted by atomic mass is 31.2. The first kappa shape index (κ1) is 26.5. The van der Waals surface area contributed by atoms with Crippen molar-refractivity contribution in [1.29, 1.82) is 0 Å². The molecule has 0 aliphatic heterocycles. The second-order valence-corrected chi connectivity index (χ2v) is 12.7. The lowest BCUT2D eigenvalue weighted by molar-refractivity contribution is 0.591. The predicted octanol–water partition coefficient (Wildman–Crippen LogP) is 9.26. The number of aromatic nitrogens is 2. The van der Waals surface area contributed by atoms with Crippen molar-refractivity contribution in [1.82, 2.24) is 9.38 Å². The lowest BCUT2D eigenvalue weighted by Gasteiger charge is -2.22. The van der Waals surface area contributed by atoms with Crippen LogP contribution < -0.4 is 10.6 Å². The number of imidazole rings is 1. The Balaban J connectivity index is 1.61. The quantitative estimate of drug-likeness (QED) is 0.113. The third kappa shape index (κ3) is 4.59. The van der Waals surface area contributed by atoms with E-state index >= 15 is 4.57 Å². The second kappa shape index (κ2) is 11.0. The Kier molecular flexibility index (Phi) is 7.14. The van der Waals surface area contributed by atoms with E-state index in [-0.39, 0.29) is 0 Å². The van der Waals surface area contributed by atoms with Crippen LogP contribution in [0.3, 0.4) is 0 Å². The van der Waals surface area contributed by atoms with Crippen LogP contribution in [0.5, 0.6) is 0 Å². The minimum atomic E-state index is -3.23. The van der Waals surface area contributed by atoms with Crippen LogP contribution in [-0.4, -0.2) is 9.38 Å². The molecule has 0 saturated heterocycles. The average Bonchev–Trinajstić information content (AvgIpc) is 3.42. The second-order valence-electron chi connectivity index (χ2n) is 9.96. The zero-order valence-electron chi connectivity index (χ0n) is 23.2. The van der Waals surface area contributed by atoms with Gasteiger partial charge in [0.05, 0.1) is 16.6 Å². The van der Waals surface area contributed by atoms with E-state index < -0.39 is 7.14 Å². The van der Waals surface area contributed by atoms with E-state index in [1.165, 1.54) is 0 Å². The standard InChI is InChI=1S/C37H31N2OP/c1-4-6-8-15-27(3)22-23-28(5-2)41(40,29-16-9-7-10-17-29)30-24-25-32-33(26-30)31-18-11-13-20-35(31)39-36-21-14-12-19-34(36)38-37(32)39/h4-26H,3H2,1-2H3/b6-4-,15-8-,23-22-,28-5+. The summed E-state index contributed by atoms with van der Waals surface area (Å²) in [5.41, 5.74) is 4.83. The van der Waals surface area contributed by atoms with E-state index in [0.717, 1.165) is 59.9 Å². The van der Waals surface area contributed by atoms with Crippen LogP contribution in [0.2, 0.25) is 0 Å². The lowest BCUT2D eigenvalue weighted by Crippen LogP contribution is -2.17. The summed E-state index contributed by atoms with van der Waals surface area (Å²) in [6.45, 7) is 8.07. The van der Waals surface area contributed by atoms with Gasteiger partial charge in [0.1, 0.15) is 5.65 Å². The third-order valence-corrected chi connectivity index (χ3v) is 10.6. The van der Waals surface area contributed by atoms with Gasteiger partial charge in [-0.25, -0.2) is 4.98 Å². The molecule has 0 fully saturated rings. The number of nitrogens with zero attached hydrogens (tertiary/aromatic N) is 2. The molecule has 0 radical (unpaired) electrons. The molecule has 0 amide bonds. The highest BCUT2D eigenvalue weighted by Gasteiger charge is 2.31. The first-order valence-electron chi connectivity index (χ1n) is 13.8. The van der Waals surface area contributed by atoms with Gasteiger partial charge < -0.3 is 4.57 Å². The minimum Gasteiger partial charge on any atom is -0.309 e. The molecule has 41 heavy (non-hydrogen) atoms. The van der Waals surface area contributed by atoms with Crippen LogP contribution in [0.1, 0.15) is 13.8 Å². The molecule has 0 bridgehead atoms. The number of pyridine rings is 1. The zero-order chi connectivity index (χ0) is 28.4. The maximum atomic E-state index is 15.4. The van der Waals surface area contributed by atoms with Crippen LogP contribution in [-0.2, 0) is 4.57 Å². The first-order chi connectivity index (χ1) is 20.1. The molecule has 3 nitrogen and oxygen atoms in total. The van der Waals surface area contributed by atoms with Crippen molar-refractivity contribution in [3.63, 3.8) is 0 Å². The van der Waals surface area contributed by atoms with Gasteiger partial charge in [0.15, 0.2) is 7.14 Å². The summed E-state index contributed by atoms with van der Waals surface area (Å²) in [4.78, 5) is 5.02. The fourth-order valence-corrected chi connectivity index (χ4v) is 8.23. The zero-order valence-corrected chi connectivity index (χ0v) is 24.1. The van der Waals surface area contributed by atoms with E-state index in [1.807, 2.05) is 111 Å². The van der Waals surface area contributed by atoms with Crippen molar-refractivity contribution < 1.29 is 4.57 Å². The molecule has 6 aromatic rings. The molecule has 0 spiro atoms. The van der Waals surface area contributed by atoms with Gasteiger partial charge in [0.25, 0.3) is 0 Å². The number of fused-ring (bicyclic) bond motifs is 8. The van der Waals surface area contributed by atoms with Gasteiger partial charge in [-0.15, -0.1) is 0 Å². The highest BCUT2D eigenvalue weighted by Crippen LogP contribution is 2.53. The molecule has 4 aromatic carbocycles. The SMILES string of the molecule is C=C(/C=C\C=C/C)/C=C\C(=C/C)P(=O)(c1ccccc1)c1ccc2c(c1)c1ccccc1n1c3ccccc3nc21. The number of hydrogen-bond acceptors (Lipinski definition) is 2. The van der Waals surface area contributed by atoms with Gasteiger partial charge in [0.2, 0.25) is 0 Å². The number of para-hydroxylation sites is 3. The molecular weight excluding hydrogens is 519 g/mol. The fourth-order valence-electron chi connectivity index (χ4n) is 5.50. The molecule has 6 rings (SSSR count).